The van der Waals surface area contributed by atoms with Gasteiger partial charge in [0.1, 0.15) is 5.60 Å². The summed E-state index contributed by atoms with van der Waals surface area (Å²) in [7, 11) is 0. The van der Waals surface area contributed by atoms with Crippen LogP contribution >= 0.6 is 11.8 Å². The molecule has 2 aromatic rings. The lowest BCUT2D eigenvalue weighted by atomic mass is 10.2. The van der Waals surface area contributed by atoms with Crippen LogP contribution in [0.2, 0.25) is 0 Å². The summed E-state index contributed by atoms with van der Waals surface area (Å²) in [4.78, 5) is 13.2. The molecule has 0 N–H and O–H groups in total. The standard InChI is InChI=1S/C14H17NO2S/c1-14(2,3)17-13(16)15-8-7-10-9-11(18-4)5-6-12(10)15/h5-9H,1-4H3. The van der Waals surface area contributed by atoms with Gasteiger partial charge in [-0.25, -0.2) is 4.79 Å². The van der Waals surface area contributed by atoms with Gasteiger partial charge in [0.15, 0.2) is 0 Å². The van der Waals surface area contributed by atoms with Crippen molar-refractivity contribution >= 4 is 28.8 Å². The molecule has 4 heteroatoms. The van der Waals surface area contributed by atoms with E-state index in [0.29, 0.717) is 0 Å². The highest BCUT2D eigenvalue weighted by molar-refractivity contribution is 7.98. The molecule has 0 aliphatic carbocycles. The van der Waals surface area contributed by atoms with Gasteiger partial charge in [-0.3, -0.25) is 4.57 Å². The largest absolute Gasteiger partial charge is 0.443 e. The van der Waals surface area contributed by atoms with Gasteiger partial charge in [-0.05, 0) is 51.3 Å². The van der Waals surface area contributed by atoms with Gasteiger partial charge < -0.3 is 4.74 Å². The Kier molecular flexibility index (Phi) is 3.39. The molecule has 2 rings (SSSR count). The van der Waals surface area contributed by atoms with E-state index in [1.807, 2.05) is 45.2 Å². The third-order valence-electron chi connectivity index (χ3n) is 2.49. The molecular weight excluding hydrogens is 246 g/mol. The summed E-state index contributed by atoms with van der Waals surface area (Å²) >= 11 is 1.69. The molecule has 0 saturated heterocycles. The van der Waals surface area contributed by atoms with E-state index >= 15 is 0 Å². The highest BCUT2D eigenvalue weighted by Crippen LogP contribution is 2.23. The lowest BCUT2D eigenvalue weighted by Crippen LogP contribution is -2.26. The summed E-state index contributed by atoms with van der Waals surface area (Å²) in [5.74, 6) is 0. The minimum absolute atomic E-state index is 0.339. The van der Waals surface area contributed by atoms with Crippen molar-refractivity contribution in [3.05, 3.63) is 30.5 Å². The molecule has 1 aromatic heterocycles. The van der Waals surface area contributed by atoms with Crippen molar-refractivity contribution in [3.63, 3.8) is 0 Å². The smallest absolute Gasteiger partial charge is 0.418 e. The fraction of sp³-hybridized carbons (Fsp3) is 0.357. The Morgan fingerprint density at radius 3 is 2.61 bits per heavy atom. The molecule has 0 bridgehead atoms. The van der Waals surface area contributed by atoms with Crippen LogP contribution in [0.4, 0.5) is 4.79 Å². The minimum Gasteiger partial charge on any atom is -0.443 e. The molecule has 1 aromatic carbocycles. The predicted molar refractivity (Wildman–Crippen MR) is 75.4 cm³/mol. The number of carbonyl (C=O) groups is 1. The molecule has 18 heavy (non-hydrogen) atoms. The normalized spacial score (nSPS) is 11.8. The molecule has 0 spiro atoms. The van der Waals surface area contributed by atoms with Crippen molar-refractivity contribution in [2.75, 3.05) is 6.26 Å². The molecule has 1 heterocycles. The lowest BCUT2D eigenvalue weighted by molar-refractivity contribution is 0.0544. The number of thioether (sulfide) groups is 1. The number of hydrogen-bond acceptors (Lipinski definition) is 3. The molecule has 0 amide bonds. The molecule has 3 nitrogen and oxygen atoms in total. The van der Waals surface area contributed by atoms with Gasteiger partial charge in [-0.2, -0.15) is 0 Å². The fourth-order valence-corrected chi connectivity index (χ4v) is 2.17. The summed E-state index contributed by atoms with van der Waals surface area (Å²) in [6.45, 7) is 5.59. The van der Waals surface area contributed by atoms with E-state index in [9.17, 15) is 4.79 Å². The van der Waals surface area contributed by atoms with Gasteiger partial charge in [0.25, 0.3) is 0 Å². The first kappa shape index (κ1) is 13.0. The zero-order chi connectivity index (χ0) is 13.3. The Labute approximate surface area is 111 Å². The number of nitrogens with zero attached hydrogens (tertiary/aromatic N) is 1. The highest BCUT2D eigenvalue weighted by atomic mass is 32.2. The van der Waals surface area contributed by atoms with Crippen molar-refractivity contribution < 1.29 is 9.53 Å². The average Bonchev–Trinajstić information content (AvgIpc) is 2.69. The van der Waals surface area contributed by atoms with Crippen LogP contribution in [0.15, 0.2) is 35.4 Å². The molecule has 96 valence electrons. The summed E-state index contributed by atoms with van der Waals surface area (Å²) in [5.41, 5.74) is 0.398. The summed E-state index contributed by atoms with van der Waals surface area (Å²) < 4.78 is 6.91. The number of hydrogen-bond donors (Lipinski definition) is 0. The minimum atomic E-state index is -0.479. The van der Waals surface area contributed by atoms with Gasteiger partial charge >= 0.3 is 6.09 Å². The molecule has 0 aliphatic rings. The molecule has 0 aliphatic heterocycles. The predicted octanol–water partition coefficient (Wildman–Crippen LogP) is 4.15. The van der Waals surface area contributed by atoms with Gasteiger partial charge in [0.2, 0.25) is 0 Å². The van der Waals surface area contributed by atoms with E-state index in [0.717, 1.165) is 10.9 Å². The second kappa shape index (κ2) is 4.69. The molecule has 0 atom stereocenters. The first-order chi connectivity index (χ1) is 8.40. The van der Waals surface area contributed by atoms with Crippen LogP contribution in [0.5, 0.6) is 0 Å². The number of benzene rings is 1. The quantitative estimate of drug-likeness (QED) is 0.724. The SMILES string of the molecule is CSc1ccc2c(ccn2C(=O)OC(C)(C)C)c1. The Morgan fingerprint density at radius 2 is 2.00 bits per heavy atom. The fourth-order valence-electron chi connectivity index (χ4n) is 1.72. The van der Waals surface area contributed by atoms with Crippen LogP contribution in [0.1, 0.15) is 20.8 Å². The third kappa shape index (κ3) is 2.70. The maximum atomic E-state index is 12.0. The van der Waals surface area contributed by atoms with E-state index in [-0.39, 0.29) is 6.09 Å². The first-order valence-corrected chi connectivity index (χ1v) is 7.01. The monoisotopic (exact) mass is 263 g/mol. The molecule has 0 saturated carbocycles. The Bertz CT molecular complexity index is 581. The zero-order valence-corrected chi connectivity index (χ0v) is 11.9. The Balaban J connectivity index is 2.38. The van der Waals surface area contributed by atoms with Crippen LogP contribution in [0.25, 0.3) is 10.9 Å². The third-order valence-corrected chi connectivity index (χ3v) is 3.21. The summed E-state index contributed by atoms with van der Waals surface area (Å²) in [6, 6.07) is 7.96. The van der Waals surface area contributed by atoms with Crippen LogP contribution in [-0.2, 0) is 4.74 Å². The molecule has 0 fully saturated rings. The van der Waals surface area contributed by atoms with E-state index in [4.69, 9.17) is 4.74 Å². The molecule has 0 radical (unpaired) electrons. The molecule has 0 unspecified atom stereocenters. The van der Waals surface area contributed by atoms with Crippen molar-refractivity contribution in [2.45, 2.75) is 31.3 Å². The second-order valence-electron chi connectivity index (χ2n) is 5.09. The number of carbonyl (C=O) groups excluding carboxylic acids is 1. The average molecular weight is 263 g/mol. The van der Waals surface area contributed by atoms with Gasteiger partial charge in [-0.1, -0.05) is 0 Å². The van der Waals surface area contributed by atoms with Crippen LogP contribution in [0.3, 0.4) is 0 Å². The Hall–Kier alpha value is -1.42. The van der Waals surface area contributed by atoms with Crippen LogP contribution < -0.4 is 0 Å². The number of ether oxygens (including phenoxy) is 1. The van der Waals surface area contributed by atoms with E-state index in [2.05, 4.69) is 6.07 Å². The molecular formula is C14H17NO2S. The highest BCUT2D eigenvalue weighted by Gasteiger charge is 2.18. The lowest BCUT2D eigenvalue weighted by Gasteiger charge is -2.19. The summed E-state index contributed by atoms with van der Waals surface area (Å²) in [6.07, 6.45) is 3.45. The maximum absolute atomic E-state index is 12.0. The van der Waals surface area contributed by atoms with Crippen molar-refractivity contribution in [1.29, 1.82) is 0 Å². The van der Waals surface area contributed by atoms with Crippen molar-refractivity contribution in [1.82, 2.24) is 4.57 Å². The van der Waals surface area contributed by atoms with Gasteiger partial charge in [0.05, 0.1) is 5.52 Å². The van der Waals surface area contributed by atoms with Crippen molar-refractivity contribution in [3.8, 4) is 0 Å². The maximum Gasteiger partial charge on any atom is 0.418 e. The zero-order valence-electron chi connectivity index (χ0n) is 11.1. The topological polar surface area (TPSA) is 31.2 Å². The van der Waals surface area contributed by atoms with E-state index in [1.54, 1.807) is 22.5 Å². The van der Waals surface area contributed by atoms with Gasteiger partial charge in [0, 0.05) is 16.5 Å². The summed E-state index contributed by atoms with van der Waals surface area (Å²) in [5, 5.41) is 1.05. The number of rotatable bonds is 1. The second-order valence-corrected chi connectivity index (χ2v) is 5.97. The van der Waals surface area contributed by atoms with Gasteiger partial charge in [-0.15, -0.1) is 11.8 Å². The van der Waals surface area contributed by atoms with Crippen LogP contribution in [-0.4, -0.2) is 22.5 Å². The first-order valence-electron chi connectivity index (χ1n) is 5.79. The van der Waals surface area contributed by atoms with Crippen molar-refractivity contribution in [2.24, 2.45) is 0 Å². The van der Waals surface area contributed by atoms with E-state index in [1.165, 1.54) is 4.90 Å². The number of fused-ring (bicyclic) bond motifs is 1. The van der Waals surface area contributed by atoms with E-state index < -0.39 is 5.60 Å². The number of aromatic nitrogens is 1. The Morgan fingerprint density at radius 1 is 1.28 bits per heavy atom. The van der Waals surface area contributed by atoms with Crippen LogP contribution in [0, 0.1) is 0 Å².